The fourth-order valence-corrected chi connectivity index (χ4v) is 3.43. The van der Waals surface area contributed by atoms with Crippen LogP contribution in [0.3, 0.4) is 0 Å². The fraction of sp³-hybridized carbons (Fsp3) is 0.400. The Labute approximate surface area is 127 Å². The summed E-state index contributed by atoms with van der Waals surface area (Å²) in [5.74, 6) is 0.830. The number of aliphatic hydroxyl groups excluding tert-OH is 1. The van der Waals surface area contributed by atoms with Crippen molar-refractivity contribution in [2.45, 2.75) is 50.5 Å². The van der Waals surface area contributed by atoms with E-state index in [9.17, 15) is 5.11 Å². The van der Waals surface area contributed by atoms with E-state index in [4.69, 9.17) is 0 Å². The van der Waals surface area contributed by atoms with Crippen LogP contribution in [0.15, 0.2) is 54.6 Å². The van der Waals surface area contributed by atoms with Crippen LogP contribution in [0.5, 0.6) is 0 Å². The van der Waals surface area contributed by atoms with Crippen molar-refractivity contribution in [3.63, 3.8) is 0 Å². The number of hydrogen-bond donors (Lipinski definition) is 1. The van der Waals surface area contributed by atoms with E-state index >= 15 is 0 Å². The Morgan fingerprint density at radius 1 is 1.00 bits per heavy atom. The van der Waals surface area contributed by atoms with E-state index in [1.54, 1.807) is 0 Å². The molecule has 3 rings (SSSR count). The Kier molecular flexibility index (Phi) is 4.40. The van der Waals surface area contributed by atoms with Gasteiger partial charge in [0.25, 0.3) is 0 Å². The van der Waals surface area contributed by atoms with E-state index in [0.29, 0.717) is 5.92 Å². The normalized spacial score (nSPS) is 18.0. The lowest BCUT2D eigenvalue weighted by molar-refractivity contribution is 0.140. The molecule has 2 unspecified atom stereocenters. The second-order valence-corrected chi connectivity index (χ2v) is 6.13. The molecule has 0 radical (unpaired) electrons. The number of benzene rings is 2. The molecule has 0 heterocycles. The molecule has 110 valence electrons. The molecule has 0 bridgehead atoms. The summed E-state index contributed by atoms with van der Waals surface area (Å²) in [7, 11) is 0. The molecule has 0 aliphatic heterocycles. The van der Waals surface area contributed by atoms with Crippen LogP contribution in [0.4, 0.5) is 0 Å². The molecule has 0 spiro atoms. The molecule has 1 aliphatic rings. The third-order valence-electron chi connectivity index (χ3n) is 4.91. The van der Waals surface area contributed by atoms with Gasteiger partial charge in [-0.05, 0) is 41.9 Å². The lowest BCUT2D eigenvalue weighted by atomic mass is 9.75. The summed E-state index contributed by atoms with van der Waals surface area (Å²) in [6, 6.07) is 18.9. The second kappa shape index (κ2) is 6.44. The lowest BCUT2D eigenvalue weighted by Gasteiger charge is -2.31. The maximum absolute atomic E-state index is 11.0. The molecule has 1 saturated carbocycles. The molecule has 0 amide bonds. The molecule has 2 atom stereocenters. The van der Waals surface area contributed by atoms with Crippen LogP contribution >= 0.6 is 0 Å². The highest BCUT2D eigenvalue weighted by molar-refractivity contribution is 5.36. The largest absolute Gasteiger partial charge is 0.388 e. The highest BCUT2D eigenvalue weighted by Crippen LogP contribution is 2.42. The van der Waals surface area contributed by atoms with Gasteiger partial charge >= 0.3 is 0 Å². The average molecular weight is 280 g/mol. The Bertz CT molecular complexity index is 571. The molecule has 2 aromatic carbocycles. The first kappa shape index (κ1) is 14.3. The van der Waals surface area contributed by atoms with E-state index in [1.165, 1.54) is 30.4 Å². The zero-order valence-electron chi connectivity index (χ0n) is 12.7. The number of hydrogen-bond acceptors (Lipinski definition) is 1. The predicted molar refractivity (Wildman–Crippen MR) is 87.5 cm³/mol. The maximum atomic E-state index is 11.0. The standard InChI is InChI=1S/C20H24O/c1-2-17(15-9-4-3-5-10-15)20(21)19-14-7-6-13-18(19)16-11-8-12-16/h3-7,9-10,13-14,16-17,20-21H,2,8,11-12H2,1H3. The first-order chi connectivity index (χ1) is 10.3. The van der Waals surface area contributed by atoms with Crippen LogP contribution in [0.2, 0.25) is 0 Å². The first-order valence-electron chi connectivity index (χ1n) is 8.13. The highest BCUT2D eigenvalue weighted by Gasteiger charge is 2.28. The Morgan fingerprint density at radius 3 is 2.29 bits per heavy atom. The maximum Gasteiger partial charge on any atom is 0.0861 e. The van der Waals surface area contributed by atoms with Crippen molar-refractivity contribution in [2.75, 3.05) is 0 Å². The number of aliphatic hydroxyl groups is 1. The molecule has 1 N–H and O–H groups in total. The topological polar surface area (TPSA) is 20.2 Å². The summed E-state index contributed by atoms with van der Waals surface area (Å²) in [5, 5.41) is 11.0. The van der Waals surface area contributed by atoms with Gasteiger partial charge in [0.1, 0.15) is 0 Å². The van der Waals surface area contributed by atoms with Crippen LogP contribution in [-0.4, -0.2) is 5.11 Å². The molecule has 1 aliphatic carbocycles. The zero-order chi connectivity index (χ0) is 14.7. The summed E-state index contributed by atoms with van der Waals surface area (Å²) in [6.07, 6.45) is 4.40. The molecule has 21 heavy (non-hydrogen) atoms. The predicted octanol–water partition coefficient (Wildman–Crippen LogP) is 5.18. The minimum atomic E-state index is -0.408. The third kappa shape index (κ3) is 2.89. The van der Waals surface area contributed by atoms with Crippen molar-refractivity contribution in [1.29, 1.82) is 0 Å². The summed E-state index contributed by atoms with van der Waals surface area (Å²) >= 11 is 0. The average Bonchev–Trinajstić information content (AvgIpc) is 2.48. The van der Waals surface area contributed by atoms with Crippen LogP contribution in [0.1, 0.15) is 67.2 Å². The van der Waals surface area contributed by atoms with Crippen molar-refractivity contribution in [3.8, 4) is 0 Å². The van der Waals surface area contributed by atoms with E-state index in [2.05, 4.69) is 55.5 Å². The molecular formula is C20H24O. The van der Waals surface area contributed by atoms with Crippen LogP contribution in [0, 0.1) is 0 Å². The van der Waals surface area contributed by atoms with Crippen LogP contribution in [-0.2, 0) is 0 Å². The van der Waals surface area contributed by atoms with Crippen LogP contribution in [0.25, 0.3) is 0 Å². The molecule has 0 saturated heterocycles. The van der Waals surface area contributed by atoms with E-state index in [1.807, 2.05) is 6.07 Å². The van der Waals surface area contributed by atoms with Gasteiger partial charge in [-0.25, -0.2) is 0 Å². The highest BCUT2D eigenvalue weighted by atomic mass is 16.3. The molecule has 2 aromatic rings. The van der Waals surface area contributed by atoms with Crippen molar-refractivity contribution >= 4 is 0 Å². The quantitative estimate of drug-likeness (QED) is 0.800. The minimum absolute atomic E-state index is 0.174. The van der Waals surface area contributed by atoms with Gasteiger partial charge in [0.15, 0.2) is 0 Å². The summed E-state index contributed by atoms with van der Waals surface area (Å²) in [5.41, 5.74) is 3.74. The van der Waals surface area contributed by atoms with E-state index in [-0.39, 0.29) is 5.92 Å². The third-order valence-corrected chi connectivity index (χ3v) is 4.91. The smallest absolute Gasteiger partial charge is 0.0861 e. The van der Waals surface area contributed by atoms with Crippen LogP contribution < -0.4 is 0 Å². The number of rotatable bonds is 5. The summed E-state index contributed by atoms with van der Waals surface area (Å²) in [4.78, 5) is 0. The van der Waals surface area contributed by atoms with E-state index < -0.39 is 6.10 Å². The Balaban J connectivity index is 1.92. The van der Waals surface area contributed by atoms with Gasteiger partial charge in [0, 0.05) is 5.92 Å². The lowest BCUT2D eigenvalue weighted by Crippen LogP contribution is -2.16. The fourth-order valence-electron chi connectivity index (χ4n) is 3.43. The minimum Gasteiger partial charge on any atom is -0.388 e. The van der Waals surface area contributed by atoms with E-state index in [0.717, 1.165) is 12.0 Å². The molecule has 1 nitrogen and oxygen atoms in total. The molecule has 0 aromatic heterocycles. The van der Waals surface area contributed by atoms with Gasteiger partial charge in [-0.2, -0.15) is 0 Å². The molecular weight excluding hydrogens is 256 g/mol. The molecule has 1 fully saturated rings. The molecule has 1 heteroatoms. The van der Waals surface area contributed by atoms with Gasteiger partial charge in [-0.3, -0.25) is 0 Å². The summed E-state index contributed by atoms with van der Waals surface area (Å²) in [6.45, 7) is 2.16. The summed E-state index contributed by atoms with van der Waals surface area (Å²) < 4.78 is 0. The van der Waals surface area contributed by atoms with Gasteiger partial charge in [-0.15, -0.1) is 0 Å². The first-order valence-corrected chi connectivity index (χ1v) is 8.13. The Hall–Kier alpha value is -1.60. The van der Waals surface area contributed by atoms with Crippen molar-refractivity contribution in [1.82, 2.24) is 0 Å². The second-order valence-electron chi connectivity index (χ2n) is 6.13. The van der Waals surface area contributed by atoms with Gasteiger partial charge < -0.3 is 5.11 Å². The van der Waals surface area contributed by atoms with Gasteiger partial charge in [-0.1, -0.05) is 67.9 Å². The zero-order valence-corrected chi connectivity index (χ0v) is 12.7. The van der Waals surface area contributed by atoms with Crippen molar-refractivity contribution < 1.29 is 5.11 Å². The Morgan fingerprint density at radius 2 is 1.67 bits per heavy atom. The van der Waals surface area contributed by atoms with Gasteiger partial charge in [0.2, 0.25) is 0 Å². The van der Waals surface area contributed by atoms with Gasteiger partial charge in [0.05, 0.1) is 6.10 Å². The SMILES string of the molecule is CCC(c1ccccc1)C(O)c1ccccc1C1CCC1. The monoisotopic (exact) mass is 280 g/mol. The van der Waals surface area contributed by atoms with Crippen molar-refractivity contribution in [3.05, 3.63) is 71.3 Å². The van der Waals surface area contributed by atoms with Crippen molar-refractivity contribution in [2.24, 2.45) is 0 Å².